The van der Waals surface area contributed by atoms with Crippen LogP contribution in [0.1, 0.15) is 11.3 Å². The van der Waals surface area contributed by atoms with Crippen LogP contribution in [0.3, 0.4) is 0 Å². The van der Waals surface area contributed by atoms with Gasteiger partial charge in [0, 0.05) is 11.6 Å². The summed E-state index contributed by atoms with van der Waals surface area (Å²) in [7, 11) is -3.74. The Labute approximate surface area is 147 Å². The van der Waals surface area contributed by atoms with Crippen LogP contribution >= 0.6 is 0 Å². The maximum Gasteiger partial charge on any atom is 0.433 e. The lowest BCUT2D eigenvalue weighted by atomic mass is 10.2. The van der Waals surface area contributed by atoms with E-state index in [1.807, 2.05) is 0 Å². The number of halogens is 4. The first-order valence-corrected chi connectivity index (χ1v) is 9.18. The van der Waals surface area contributed by atoms with Crippen molar-refractivity contribution in [1.29, 1.82) is 0 Å². The van der Waals surface area contributed by atoms with E-state index in [-0.39, 0.29) is 24.5 Å². The van der Waals surface area contributed by atoms with Gasteiger partial charge < -0.3 is 4.74 Å². The Balaban J connectivity index is 1.60. The monoisotopic (exact) mass is 390 g/mol. The Morgan fingerprint density at radius 1 is 1.12 bits per heavy atom. The Hall–Kier alpha value is -2.20. The van der Waals surface area contributed by atoms with Gasteiger partial charge in [-0.1, -0.05) is 24.3 Å². The molecule has 5 nitrogen and oxygen atoms in total. The first-order chi connectivity index (χ1) is 12.1. The van der Waals surface area contributed by atoms with E-state index < -0.39 is 39.6 Å². The highest BCUT2D eigenvalue weighted by Gasteiger charge is 2.38. The van der Waals surface area contributed by atoms with E-state index in [9.17, 15) is 26.0 Å². The molecule has 0 saturated carbocycles. The van der Waals surface area contributed by atoms with Crippen LogP contribution in [0, 0.1) is 5.82 Å². The van der Waals surface area contributed by atoms with Gasteiger partial charge in [0.05, 0.1) is 18.8 Å². The fourth-order valence-corrected chi connectivity index (χ4v) is 4.01. The predicted octanol–water partition coefficient (Wildman–Crippen LogP) is 2.83. The number of nitrogens with zero attached hydrogens (tertiary/aromatic N) is 2. The molecular weight excluding hydrogens is 376 g/mol. The first kappa shape index (κ1) is 18.6. The van der Waals surface area contributed by atoms with Crippen LogP contribution in [0.2, 0.25) is 0 Å². The Morgan fingerprint density at radius 2 is 1.81 bits per heavy atom. The molecule has 1 saturated heterocycles. The van der Waals surface area contributed by atoms with Crippen LogP contribution < -0.4 is 4.74 Å². The summed E-state index contributed by atoms with van der Waals surface area (Å²) >= 11 is 0. The quantitative estimate of drug-likeness (QED) is 0.737. The van der Waals surface area contributed by atoms with Gasteiger partial charge in [-0.05, 0) is 12.1 Å². The van der Waals surface area contributed by atoms with Gasteiger partial charge in [0.2, 0.25) is 15.9 Å². The zero-order chi connectivity index (χ0) is 18.9. The Kier molecular flexibility index (Phi) is 4.89. The molecule has 1 aliphatic heterocycles. The van der Waals surface area contributed by atoms with E-state index in [4.69, 9.17) is 4.74 Å². The Morgan fingerprint density at radius 3 is 2.46 bits per heavy atom. The number of aromatic nitrogens is 1. The van der Waals surface area contributed by atoms with Crippen LogP contribution in [-0.2, 0) is 22.0 Å². The predicted molar refractivity (Wildman–Crippen MR) is 84.3 cm³/mol. The zero-order valence-electron chi connectivity index (χ0n) is 13.3. The van der Waals surface area contributed by atoms with E-state index in [1.54, 1.807) is 0 Å². The SMILES string of the molecule is O=S(=O)(Cc1ccccc1F)N1CC(Oc2cccc(C(F)(F)F)n2)C1. The van der Waals surface area contributed by atoms with Crippen LogP contribution in [0.25, 0.3) is 0 Å². The van der Waals surface area contributed by atoms with Crippen molar-refractivity contribution in [3.8, 4) is 5.88 Å². The standard InChI is InChI=1S/C16H14F4N2O3S/c17-13-5-2-1-4-11(13)10-26(23,24)22-8-12(9-22)25-15-7-3-6-14(21-15)16(18,19)20/h1-7,12H,8-10H2. The van der Waals surface area contributed by atoms with Gasteiger partial charge in [0.15, 0.2) is 0 Å². The molecule has 0 aliphatic carbocycles. The number of sulfonamides is 1. The van der Waals surface area contributed by atoms with Crippen molar-refractivity contribution in [2.45, 2.75) is 18.0 Å². The summed E-state index contributed by atoms with van der Waals surface area (Å²) in [6.45, 7) is -0.0660. The fraction of sp³-hybridized carbons (Fsp3) is 0.312. The number of benzene rings is 1. The lowest BCUT2D eigenvalue weighted by Crippen LogP contribution is -2.56. The third-order valence-corrected chi connectivity index (χ3v) is 5.57. The van der Waals surface area contributed by atoms with Crippen LogP contribution in [0.4, 0.5) is 17.6 Å². The summed E-state index contributed by atoms with van der Waals surface area (Å²) in [5.74, 6) is -1.33. The third kappa shape index (κ3) is 4.13. The topological polar surface area (TPSA) is 59.5 Å². The van der Waals surface area contributed by atoms with E-state index in [0.717, 1.165) is 16.4 Å². The van der Waals surface area contributed by atoms with Crippen molar-refractivity contribution >= 4 is 10.0 Å². The largest absolute Gasteiger partial charge is 0.472 e. The van der Waals surface area contributed by atoms with E-state index in [0.29, 0.717) is 0 Å². The van der Waals surface area contributed by atoms with Gasteiger partial charge in [0.25, 0.3) is 0 Å². The van der Waals surface area contributed by atoms with Crippen molar-refractivity contribution in [2.75, 3.05) is 13.1 Å². The van der Waals surface area contributed by atoms with Crippen molar-refractivity contribution < 1.29 is 30.7 Å². The minimum Gasteiger partial charge on any atom is -0.472 e. The summed E-state index contributed by atoms with van der Waals surface area (Å²) in [6, 6.07) is 8.80. The summed E-state index contributed by atoms with van der Waals surface area (Å²) in [5.41, 5.74) is -1.03. The molecule has 0 unspecified atom stereocenters. The summed E-state index contributed by atoms with van der Waals surface area (Å²) in [4.78, 5) is 3.37. The van der Waals surface area contributed by atoms with Crippen molar-refractivity contribution in [3.63, 3.8) is 0 Å². The van der Waals surface area contributed by atoms with Crippen LogP contribution in [0.15, 0.2) is 42.5 Å². The molecule has 1 fully saturated rings. The zero-order valence-corrected chi connectivity index (χ0v) is 14.1. The van der Waals surface area contributed by atoms with Crippen molar-refractivity contribution in [1.82, 2.24) is 9.29 Å². The third-order valence-electron chi connectivity index (χ3n) is 3.81. The molecule has 0 N–H and O–H groups in total. The number of hydrogen-bond donors (Lipinski definition) is 0. The van der Waals surface area contributed by atoms with E-state index in [1.165, 1.54) is 30.3 Å². The lowest BCUT2D eigenvalue weighted by Gasteiger charge is -2.37. The molecular formula is C16H14F4N2O3S. The average molecular weight is 390 g/mol. The maximum atomic E-state index is 13.6. The second-order valence-electron chi connectivity index (χ2n) is 5.76. The van der Waals surface area contributed by atoms with Gasteiger partial charge in [0.1, 0.15) is 17.6 Å². The second-order valence-corrected chi connectivity index (χ2v) is 7.73. The Bertz CT molecular complexity index is 896. The first-order valence-electron chi connectivity index (χ1n) is 7.57. The molecule has 0 amide bonds. The number of alkyl halides is 3. The lowest BCUT2D eigenvalue weighted by molar-refractivity contribution is -0.141. The number of pyridine rings is 1. The van der Waals surface area contributed by atoms with E-state index in [2.05, 4.69) is 4.98 Å². The summed E-state index contributed by atoms with van der Waals surface area (Å²) in [6.07, 6.45) is -5.20. The molecule has 0 radical (unpaired) electrons. The van der Waals surface area contributed by atoms with Gasteiger partial charge in [-0.25, -0.2) is 17.8 Å². The van der Waals surface area contributed by atoms with Crippen LogP contribution in [-0.4, -0.2) is 36.9 Å². The molecule has 0 atom stereocenters. The molecule has 0 spiro atoms. The summed E-state index contributed by atoms with van der Waals surface area (Å²) < 4.78 is 82.4. The molecule has 1 aromatic carbocycles. The molecule has 3 rings (SSSR count). The normalized spacial score (nSPS) is 16.3. The number of ether oxygens (including phenoxy) is 1. The molecule has 2 heterocycles. The van der Waals surface area contributed by atoms with Gasteiger partial charge >= 0.3 is 6.18 Å². The van der Waals surface area contributed by atoms with E-state index >= 15 is 0 Å². The second kappa shape index (κ2) is 6.84. The molecule has 0 bridgehead atoms. The smallest absolute Gasteiger partial charge is 0.433 e. The highest BCUT2D eigenvalue weighted by Crippen LogP contribution is 2.29. The van der Waals surface area contributed by atoms with Crippen LogP contribution in [0.5, 0.6) is 5.88 Å². The minimum atomic E-state index is -4.59. The van der Waals surface area contributed by atoms with Gasteiger partial charge in [-0.2, -0.15) is 17.5 Å². The average Bonchev–Trinajstić information content (AvgIpc) is 2.52. The highest BCUT2D eigenvalue weighted by atomic mass is 32.2. The van der Waals surface area contributed by atoms with Gasteiger partial charge in [-0.15, -0.1) is 0 Å². The number of rotatable bonds is 5. The molecule has 2 aromatic rings. The minimum absolute atomic E-state index is 0.0330. The molecule has 26 heavy (non-hydrogen) atoms. The van der Waals surface area contributed by atoms with Gasteiger partial charge in [-0.3, -0.25) is 0 Å². The molecule has 1 aromatic heterocycles. The summed E-state index contributed by atoms with van der Waals surface area (Å²) in [5, 5.41) is 0. The molecule has 1 aliphatic rings. The molecule has 10 heteroatoms. The van der Waals surface area contributed by atoms with Crippen molar-refractivity contribution in [2.24, 2.45) is 0 Å². The highest BCUT2D eigenvalue weighted by molar-refractivity contribution is 7.88. The van der Waals surface area contributed by atoms with Crippen molar-refractivity contribution in [3.05, 3.63) is 59.5 Å². The molecule has 140 valence electrons. The maximum absolute atomic E-state index is 13.6. The fourth-order valence-electron chi connectivity index (χ4n) is 2.41. The number of hydrogen-bond acceptors (Lipinski definition) is 4.